The smallest absolute Gasteiger partial charge is 0.309 e. The highest BCUT2D eigenvalue weighted by molar-refractivity contribution is 6.35. The van der Waals surface area contributed by atoms with Crippen molar-refractivity contribution in [2.75, 3.05) is 26.2 Å². The molecule has 1 rings (SSSR count). The van der Waals surface area contributed by atoms with Crippen LogP contribution < -0.4 is 15.5 Å². The molecule has 1 aliphatic heterocycles. The number of amides is 2. The predicted molar refractivity (Wildman–Crippen MR) is 65.6 cm³/mol. The van der Waals surface area contributed by atoms with Crippen molar-refractivity contribution < 1.29 is 14.5 Å². The van der Waals surface area contributed by atoms with Gasteiger partial charge in [-0.15, -0.1) is 6.58 Å². The minimum atomic E-state index is -0.582. The van der Waals surface area contributed by atoms with Gasteiger partial charge < -0.3 is 15.5 Å². The minimum absolute atomic E-state index is 0.321. The molecule has 0 aromatic carbocycles. The quantitative estimate of drug-likeness (QED) is 0.403. The van der Waals surface area contributed by atoms with E-state index in [0.717, 1.165) is 13.0 Å². The maximum absolute atomic E-state index is 11.4. The van der Waals surface area contributed by atoms with Gasteiger partial charge in [0, 0.05) is 19.4 Å². The summed E-state index contributed by atoms with van der Waals surface area (Å²) >= 11 is 0. The van der Waals surface area contributed by atoms with Crippen LogP contribution in [0.25, 0.3) is 0 Å². The van der Waals surface area contributed by atoms with E-state index in [1.54, 1.807) is 6.08 Å². The first-order valence-corrected chi connectivity index (χ1v) is 6.20. The van der Waals surface area contributed by atoms with E-state index < -0.39 is 11.8 Å². The van der Waals surface area contributed by atoms with Crippen molar-refractivity contribution in [2.24, 2.45) is 0 Å². The van der Waals surface area contributed by atoms with E-state index in [1.165, 1.54) is 17.9 Å². The molecular formula is C12H22N3O2+. The normalized spacial score (nSPS) is 23.1. The lowest BCUT2D eigenvalue weighted by Gasteiger charge is -2.19. The summed E-state index contributed by atoms with van der Waals surface area (Å²) in [5, 5.41) is 5.15. The Morgan fingerprint density at radius 3 is 2.76 bits per heavy atom. The Labute approximate surface area is 102 Å². The van der Waals surface area contributed by atoms with Crippen LogP contribution in [0.2, 0.25) is 0 Å². The number of nitrogens with one attached hydrogen (secondary N) is 3. The molecule has 2 amide bonds. The van der Waals surface area contributed by atoms with Crippen molar-refractivity contribution >= 4 is 11.8 Å². The molecule has 0 bridgehead atoms. The van der Waals surface area contributed by atoms with Gasteiger partial charge in [0.2, 0.25) is 0 Å². The first-order chi connectivity index (χ1) is 8.19. The van der Waals surface area contributed by atoms with Gasteiger partial charge in [-0.3, -0.25) is 9.59 Å². The maximum Gasteiger partial charge on any atom is 0.309 e. The zero-order valence-electron chi connectivity index (χ0n) is 10.4. The number of carbonyl (C=O) groups excluding carboxylic acids is 2. The first kappa shape index (κ1) is 13.7. The summed E-state index contributed by atoms with van der Waals surface area (Å²) in [6, 6.07) is 0.455. The molecule has 5 nitrogen and oxygen atoms in total. The molecule has 1 unspecified atom stereocenters. The fourth-order valence-electron chi connectivity index (χ4n) is 2.24. The van der Waals surface area contributed by atoms with E-state index in [1.807, 2.05) is 0 Å². The van der Waals surface area contributed by atoms with Crippen LogP contribution in [0.15, 0.2) is 12.7 Å². The standard InChI is InChI=1S/C12H21N3O2/c1-3-7-13-11(16)12(17)14-9-10-6-5-8-15(10)4-2/h3,10H,1,4-9H2,2H3,(H,13,16)(H,14,17)/p+1/t10-/m1/s1. The second kappa shape index (κ2) is 7.06. The summed E-state index contributed by atoms with van der Waals surface area (Å²) in [6.07, 6.45) is 3.87. The van der Waals surface area contributed by atoms with Crippen LogP contribution in [-0.4, -0.2) is 44.0 Å². The summed E-state index contributed by atoms with van der Waals surface area (Å²) in [4.78, 5) is 24.2. The van der Waals surface area contributed by atoms with Gasteiger partial charge in [-0.25, -0.2) is 0 Å². The summed E-state index contributed by atoms with van der Waals surface area (Å²) in [7, 11) is 0. The molecule has 2 atom stereocenters. The lowest BCUT2D eigenvalue weighted by molar-refractivity contribution is -0.909. The molecule has 0 aliphatic carbocycles. The number of carbonyl (C=O) groups is 2. The van der Waals surface area contributed by atoms with E-state index >= 15 is 0 Å². The van der Waals surface area contributed by atoms with Crippen molar-refractivity contribution in [3.63, 3.8) is 0 Å². The predicted octanol–water partition coefficient (Wildman–Crippen LogP) is -1.53. The average Bonchev–Trinajstić information content (AvgIpc) is 2.80. The van der Waals surface area contributed by atoms with Crippen LogP contribution in [0.4, 0.5) is 0 Å². The maximum atomic E-state index is 11.4. The molecule has 1 fully saturated rings. The molecule has 1 saturated heterocycles. The third-order valence-electron chi connectivity index (χ3n) is 3.20. The van der Waals surface area contributed by atoms with Gasteiger partial charge in [-0.1, -0.05) is 6.08 Å². The van der Waals surface area contributed by atoms with Crippen molar-refractivity contribution in [2.45, 2.75) is 25.8 Å². The fourth-order valence-corrected chi connectivity index (χ4v) is 2.24. The highest BCUT2D eigenvalue weighted by Crippen LogP contribution is 1.98. The van der Waals surface area contributed by atoms with E-state index in [0.29, 0.717) is 19.1 Å². The van der Waals surface area contributed by atoms with Gasteiger partial charge in [-0.2, -0.15) is 0 Å². The molecule has 3 N–H and O–H groups in total. The van der Waals surface area contributed by atoms with Crippen LogP contribution in [0.3, 0.4) is 0 Å². The number of likely N-dealkylation sites (tertiary alicyclic amines) is 1. The van der Waals surface area contributed by atoms with Crippen molar-refractivity contribution in [3.8, 4) is 0 Å². The number of likely N-dealkylation sites (N-methyl/N-ethyl adjacent to an activating group) is 1. The Morgan fingerprint density at radius 2 is 2.12 bits per heavy atom. The highest BCUT2D eigenvalue weighted by Gasteiger charge is 2.27. The largest absolute Gasteiger partial charge is 0.344 e. The molecule has 1 aliphatic rings. The summed E-state index contributed by atoms with van der Waals surface area (Å²) in [6.45, 7) is 8.76. The van der Waals surface area contributed by atoms with Crippen molar-refractivity contribution in [1.29, 1.82) is 0 Å². The number of quaternary nitrogens is 1. The lowest BCUT2D eigenvalue weighted by atomic mass is 10.2. The van der Waals surface area contributed by atoms with Gasteiger partial charge in [0.05, 0.1) is 19.6 Å². The lowest BCUT2D eigenvalue weighted by Crippen LogP contribution is -3.14. The monoisotopic (exact) mass is 240 g/mol. The second-order valence-electron chi connectivity index (χ2n) is 4.31. The molecule has 0 radical (unpaired) electrons. The minimum Gasteiger partial charge on any atom is -0.344 e. The number of hydrogen-bond acceptors (Lipinski definition) is 2. The summed E-state index contributed by atoms with van der Waals surface area (Å²) in [5.41, 5.74) is 0. The second-order valence-corrected chi connectivity index (χ2v) is 4.31. The number of rotatable bonds is 5. The van der Waals surface area contributed by atoms with Crippen LogP contribution >= 0.6 is 0 Å². The molecule has 0 aromatic heterocycles. The van der Waals surface area contributed by atoms with E-state index in [4.69, 9.17) is 0 Å². The first-order valence-electron chi connectivity index (χ1n) is 6.20. The Bertz CT molecular complexity index is 291. The van der Waals surface area contributed by atoms with Crippen LogP contribution in [0.1, 0.15) is 19.8 Å². The zero-order valence-corrected chi connectivity index (χ0v) is 10.4. The van der Waals surface area contributed by atoms with E-state index in [2.05, 4.69) is 24.1 Å². The van der Waals surface area contributed by atoms with Crippen molar-refractivity contribution in [1.82, 2.24) is 10.6 Å². The van der Waals surface area contributed by atoms with Gasteiger partial charge in [0.15, 0.2) is 0 Å². The molecule has 1 heterocycles. The molecule has 0 saturated carbocycles. The van der Waals surface area contributed by atoms with Crippen LogP contribution in [0.5, 0.6) is 0 Å². The molecule has 0 aromatic rings. The van der Waals surface area contributed by atoms with E-state index in [-0.39, 0.29) is 0 Å². The van der Waals surface area contributed by atoms with Gasteiger partial charge in [0.25, 0.3) is 0 Å². The van der Waals surface area contributed by atoms with Crippen LogP contribution in [-0.2, 0) is 9.59 Å². The Morgan fingerprint density at radius 1 is 1.41 bits per heavy atom. The Balaban J connectivity index is 2.27. The third-order valence-corrected chi connectivity index (χ3v) is 3.20. The molecule has 5 heteroatoms. The average molecular weight is 240 g/mol. The van der Waals surface area contributed by atoms with E-state index in [9.17, 15) is 9.59 Å². The van der Waals surface area contributed by atoms with Gasteiger partial charge in [-0.05, 0) is 6.92 Å². The molecule has 0 spiro atoms. The number of hydrogen-bond donors (Lipinski definition) is 3. The summed E-state index contributed by atoms with van der Waals surface area (Å²) in [5.74, 6) is -1.13. The Kier molecular flexibility index (Phi) is 5.69. The third kappa shape index (κ3) is 4.19. The molecular weight excluding hydrogens is 218 g/mol. The molecule has 96 valence electrons. The highest BCUT2D eigenvalue weighted by atomic mass is 16.2. The van der Waals surface area contributed by atoms with Crippen LogP contribution in [0, 0.1) is 0 Å². The van der Waals surface area contributed by atoms with Gasteiger partial charge in [0.1, 0.15) is 6.04 Å². The summed E-state index contributed by atoms with van der Waals surface area (Å²) < 4.78 is 0. The Hall–Kier alpha value is -1.36. The topological polar surface area (TPSA) is 62.6 Å². The SMILES string of the molecule is C=CCNC(=O)C(=O)NC[C@H]1CCC[NH+]1CC. The fraction of sp³-hybridized carbons (Fsp3) is 0.667. The zero-order chi connectivity index (χ0) is 12.7. The van der Waals surface area contributed by atoms with Gasteiger partial charge >= 0.3 is 11.8 Å². The molecule has 17 heavy (non-hydrogen) atoms. The van der Waals surface area contributed by atoms with Crippen molar-refractivity contribution in [3.05, 3.63) is 12.7 Å².